The van der Waals surface area contributed by atoms with Crippen molar-refractivity contribution in [2.45, 2.75) is 42.4 Å². The minimum absolute atomic E-state index is 0.0318. The van der Waals surface area contributed by atoms with E-state index in [-0.39, 0.29) is 15.5 Å². The largest absolute Gasteiger partial charge is 0.481 e. The van der Waals surface area contributed by atoms with Gasteiger partial charge in [-0.3, -0.25) is 4.79 Å². The molecule has 0 radical (unpaired) electrons. The second kappa shape index (κ2) is 8.80. The molecule has 1 aliphatic carbocycles. The maximum Gasteiger partial charge on any atom is 0.262 e. The number of halogens is 1. The smallest absolute Gasteiger partial charge is 0.262 e. The number of carbonyl (C=O) groups is 1. The lowest BCUT2D eigenvalue weighted by Crippen LogP contribution is -2.21. The first kappa shape index (κ1) is 21.5. The summed E-state index contributed by atoms with van der Waals surface area (Å²) in [6.45, 7) is 1.47. The Balaban J connectivity index is 1.63. The SMILES string of the molecule is Cc1ccc(S(=O)(=O)c2c(NC(=O)COc3ccccc3F)sc3c2CCCC3)cc1. The number of benzene rings is 2. The van der Waals surface area contributed by atoms with Crippen LogP contribution in [0.5, 0.6) is 5.75 Å². The monoisotopic (exact) mass is 459 g/mol. The van der Waals surface area contributed by atoms with Crippen LogP contribution < -0.4 is 10.1 Å². The minimum Gasteiger partial charge on any atom is -0.481 e. The van der Waals surface area contributed by atoms with E-state index in [1.54, 1.807) is 30.3 Å². The number of thiophene rings is 1. The van der Waals surface area contributed by atoms with E-state index in [4.69, 9.17) is 4.74 Å². The highest BCUT2D eigenvalue weighted by Crippen LogP contribution is 2.43. The number of ether oxygens (including phenoxy) is 1. The van der Waals surface area contributed by atoms with E-state index in [9.17, 15) is 17.6 Å². The van der Waals surface area contributed by atoms with Crippen molar-refractivity contribution >= 4 is 32.1 Å². The molecule has 3 aromatic rings. The van der Waals surface area contributed by atoms with Crippen LogP contribution in [-0.2, 0) is 27.5 Å². The van der Waals surface area contributed by atoms with Crippen LogP contribution >= 0.6 is 11.3 Å². The van der Waals surface area contributed by atoms with Crippen LogP contribution in [0.3, 0.4) is 0 Å². The van der Waals surface area contributed by atoms with Crippen molar-refractivity contribution in [3.05, 3.63) is 70.4 Å². The summed E-state index contributed by atoms with van der Waals surface area (Å²) in [6, 6.07) is 12.5. The number of para-hydroxylation sites is 1. The van der Waals surface area contributed by atoms with Gasteiger partial charge in [-0.15, -0.1) is 11.3 Å². The van der Waals surface area contributed by atoms with Gasteiger partial charge in [0.1, 0.15) is 9.90 Å². The summed E-state index contributed by atoms with van der Waals surface area (Å²) in [5, 5.41) is 3.00. The highest BCUT2D eigenvalue weighted by atomic mass is 32.2. The number of carbonyl (C=O) groups excluding carboxylic acids is 1. The molecule has 0 bridgehead atoms. The van der Waals surface area contributed by atoms with Gasteiger partial charge in [0.05, 0.1) is 4.90 Å². The minimum atomic E-state index is -3.81. The Morgan fingerprint density at radius 3 is 2.55 bits per heavy atom. The van der Waals surface area contributed by atoms with Gasteiger partial charge in [-0.1, -0.05) is 29.8 Å². The topological polar surface area (TPSA) is 72.5 Å². The fourth-order valence-corrected chi connectivity index (χ4v) is 6.90. The molecule has 1 N–H and O–H groups in total. The quantitative estimate of drug-likeness (QED) is 0.568. The Bertz CT molecular complexity index is 1220. The number of fused-ring (bicyclic) bond motifs is 1. The molecule has 0 unspecified atom stereocenters. The molecule has 1 aromatic heterocycles. The van der Waals surface area contributed by atoms with Crippen molar-refractivity contribution in [3.8, 4) is 5.75 Å². The summed E-state index contributed by atoms with van der Waals surface area (Å²) < 4.78 is 45.9. The first-order valence-electron chi connectivity index (χ1n) is 10.00. The second-order valence-electron chi connectivity index (χ2n) is 7.45. The van der Waals surface area contributed by atoms with Crippen LogP contribution in [0.25, 0.3) is 0 Å². The molecule has 1 amide bonds. The van der Waals surface area contributed by atoms with Gasteiger partial charge in [-0.05, 0) is 62.4 Å². The molecule has 31 heavy (non-hydrogen) atoms. The standard InChI is InChI=1S/C23H22FNO4S2/c1-15-10-12-16(13-11-15)31(27,28)22-17-6-2-5-9-20(17)30-23(22)25-21(26)14-29-19-8-4-3-7-18(19)24/h3-4,7-8,10-13H,2,5-6,9,14H2,1H3,(H,25,26). The lowest BCUT2D eigenvalue weighted by molar-refractivity contribution is -0.118. The summed E-state index contributed by atoms with van der Waals surface area (Å²) in [4.78, 5) is 13.9. The first-order valence-corrected chi connectivity index (χ1v) is 12.3. The second-order valence-corrected chi connectivity index (χ2v) is 10.4. The van der Waals surface area contributed by atoms with Gasteiger partial charge in [0.25, 0.3) is 5.91 Å². The van der Waals surface area contributed by atoms with E-state index in [0.717, 1.165) is 35.3 Å². The van der Waals surface area contributed by atoms with Crippen molar-refractivity contribution in [2.75, 3.05) is 11.9 Å². The van der Waals surface area contributed by atoms with Gasteiger partial charge >= 0.3 is 0 Å². The molecule has 0 atom stereocenters. The molecule has 0 saturated carbocycles. The summed E-state index contributed by atoms with van der Waals surface area (Å²) in [5.41, 5.74) is 1.76. The van der Waals surface area contributed by atoms with Crippen LogP contribution in [0.4, 0.5) is 9.39 Å². The maximum atomic E-state index is 13.7. The van der Waals surface area contributed by atoms with Crippen LogP contribution in [0.2, 0.25) is 0 Å². The number of sulfone groups is 1. The fourth-order valence-electron chi connectivity index (χ4n) is 3.61. The zero-order chi connectivity index (χ0) is 22.0. The molecule has 1 aliphatic rings. The Morgan fingerprint density at radius 2 is 1.81 bits per heavy atom. The van der Waals surface area contributed by atoms with E-state index >= 15 is 0 Å². The van der Waals surface area contributed by atoms with Gasteiger partial charge < -0.3 is 10.1 Å². The highest BCUT2D eigenvalue weighted by molar-refractivity contribution is 7.92. The first-order chi connectivity index (χ1) is 14.9. The third kappa shape index (κ3) is 4.50. The average molecular weight is 460 g/mol. The number of hydrogen-bond acceptors (Lipinski definition) is 5. The third-order valence-electron chi connectivity index (χ3n) is 5.17. The van der Waals surface area contributed by atoms with Gasteiger partial charge in [0, 0.05) is 4.88 Å². The normalized spacial score (nSPS) is 13.5. The van der Waals surface area contributed by atoms with Gasteiger partial charge in [-0.25, -0.2) is 12.8 Å². The predicted octanol–water partition coefficient (Wildman–Crippen LogP) is 4.92. The zero-order valence-electron chi connectivity index (χ0n) is 17.0. The van der Waals surface area contributed by atoms with Gasteiger partial charge in [-0.2, -0.15) is 0 Å². The molecule has 0 aliphatic heterocycles. The van der Waals surface area contributed by atoms with E-state index in [2.05, 4.69) is 5.32 Å². The van der Waals surface area contributed by atoms with Gasteiger partial charge in [0.2, 0.25) is 9.84 Å². The van der Waals surface area contributed by atoms with Crippen molar-refractivity contribution in [3.63, 3.8) is 0 Å². The number of rotatable bonds is 6. The number of anilines is 1. The van der Waals surface area contributed by atoms with E-state index < -0.39 is 28.2 Å². The number of amides is 1. The van der Waals surface area contributed by atoms with Crippen molar-refractivity contribution in [1.82, 2.24) is 0 Å². The lowest BCUT2D eigenvalue weighted by Gasteiger charge is -2.14. The predicted molar refractivity (Wildman–Crippen MR) is 118 cm³/mol. The Kier molecular flexibility index (Phi) is 6.11. The Hall–Kier alpha value is -2.71. The lowest BCUT2D eigenvalue weighted by atomic mass is 9.99. The molecular weight excluding hydrogens is 437 g/mol. The van der Waals surface area contributed by atoms with E-state index in [1.165, 1.54) is 29.5 Å². The summed E-state index contributed by atoms with van der Waals surface area (Å²) in [7, 11) is -3.81. The fraction of sp³-hybridized carbons (Fsp3) is 0.261. The molecule has 5 nitrogen and oxygen atoms in total. The maximum absolute atomic E-state index is 13.7. The number of hydrogen-bond donors (Lipinski definition) is 1. The van der Waals surface area contributed by atoms with E-state index in [1.807, 2.05) is 6.92 Å². The molecule has 2 aromatic carbocycles. The highest BCUT2D eigenvalue weighted by Gasteiger charge is 2.31. The number of nitrogens with one attached hydrogen (secondary N) is 1. The molecule has 4 rings (SSSR count). The van der Waals surface area contributed by atoms with Crippen LogP contribution in [-0.4, -0.2) is 20.9 Å². The molecule has 8 heteroatoms. The zero-order valence-corrected chi connectivity index (χ0v) is 18.6. The molecular formula is C23H22FNO4S2. The van der Waals surface area contributed by atoms with Crippen LogP contribution in [0.1, 0.15) is 28.8 Å². The van der Waals surface area contributed by atoms with Crippen molar-refractivity contribution in [1.29, 1.82) is 0 Å². The van der Waals surface area contributed by atoms with Crippen molar-refractivity contribution < 1.29 is 22.3 Å². The molecule has 1 heterocycles. The van der Waals surface area contributed by atoms with Crippen molar-refractivity contribution in [2.24, 2.45) is 0 Å². The Morgan fingerprint density at radius 1 is 1.10 bits per heavy atom. The van der Waals surface area contributed by atoms with Crippen LogP contribution in [0.15, 0.2) is 58.3 Å². The Labute approximate surface area is 184 Å². The summed E-state index contributed by atoms with van der Waals surface area (Å²) in [5.74, 6) is -1.14. The third-order valence-corrected chi connectivity index (χ3v) is 8.39. The van der Waals surface area contributed by atoms with E-state index in [0.29, 0.717) is 11.4 Å². The average Bonchev–Trinajstić information content (AvgIpc) is 3.12. The summed E-state index contributed by atoms with van der Waals surface area (Å²) >= 11 is 1.30. The molecule has 162 valence electrons. The molecule has 0 spiro atoms. The summed E-state index contributed by atoms with van der Waals surface area (Å²) in [6.07, 6.45) is 3.34. The number of aryl methyl sites for hydroxylation is 2. The van der Waals surface area contributed by atoms with Gasteiger partial charge in [0.15, 0.2) is 18.2 Å². The molecule has 0 saturated heterocycles. The molecule has 0 fully saturated rings. The van der Waals surface area contributed by atoms with Crippen LogP contribution in [0, 0.1) is 12.7 Å².